The molecule has 1 aromatic rings. The summed E-state index contributed by atoms with van der Waals surface area (Å²) in [5, 5.41) is 22.6. The van der Waals surface area contributed by atoms with Gasteiger partial charge in [0.1, 0.15) is 0 Å². The topological polar surface area (TPSA) is 118 Å². The van der Waals surface area contributed by atoms with E-state index in [1.165, 1.54) is 12.3 Å². The normalized spacial score (nSPS) is 19.1. The molecule has 108 valence electrons. The SMILES string of the molecule is CN(c1ncc(C(N)=NO)cc1[N+](=O)[O-])C1CCSC1. The summed E-state index contributed by atoms with van der Waals surface area (Å²) in [6, 6.07) is 1.51. The highest BCUT2D eigenvalue weighted by Crippen LogP contribution is 2.31. The van der Waals surface area contributed by atoms with Gasteiger partial charge >= 0.3 is 5.69 Å². The summed E-state index contributed by atoms with van der Waals surface area (Å²) in [6.45, 7) is 0. The molecule has 0 bridgehead atoms. The second kappa shape index (κ2) is 5.95. The van der Waals surface area contributed by atoms with Gasteiger partial charge in [0.15, 0.2) is 5.84 Å². The minimum absolute atomic E-state index is 0.145. The molecule has 8 nitrogen and oxygen atoms in total. The first-order valence-electron chi connectivity index (χ1n) is 5.97. The number of pyridine rings is 1. The van der Waals surface area contributed by atoms with Gasteiger partial charge in [-0.3, -0.25) is 10.1 Å². The van der Waals surface area contributed by atoms with Crippen LogP contribution in [0.2, 0.25) is 0 Å². The summed E-state index contributed by atoms with van der Waals surface area (Å²) in [5.41, 5.74) is 5.51. The maximum absolute atomic E-state index is 11.2. The van der Waals surface area contributed by atoms with Crippen molar-refractivity contribution in [3.63, 3.8) is 0 Å². The number of hydrogen-bond donors (Lipinski definition) is 2. The highest BCUT2D eigenvalue weighted by atomic mass is 32.2. The summed E-state index contributed by atoms with van der Waals surface area (Å²) in [5.74, 6) is 2.07. The number of nitrogens with zero attached hydrogens (tertiary/aromatic N) is 4. The maximum Gasteiger partial charge on any atom is 0.312 e. The Morgan fingerprint density at radius 2 is 2.50 bits per heavy atom. The fraction of sp³-hybridized carbons (Fsp3) is 0.455. The third kappa shape index (κ3) is 2.77. The van der Waals surface area contributed by atoms with E-state index in [1.807, 2.05) is 16.7 Å². The number of thioether (sulfide) groups is 1. The zero-order valence-electron chi connectivity index (χ0n) is 10.9. The van der Waals surface area contributed by atoms with Crippen LogP contribution in [-0.4, -0.2) is 45.5 Å². The van der Waals surface area contributed by atoms with Crippen LogP contribution in [0.15, 0.2) is 17.4 Å². The van der Waals surface area contributed by atoms with Crippen molar-refractivity contribution in [3.8, 4) is 0 Å². The van der Waals surface area contributed by atoms with Gasteiger partial charge in [-0.15, -0.1) is 0 Å². The van der Waals surface area contributed by atoms with Crippen molar-refractivity contribution in [3.05, 3.63) is 27.9 Å². The molecule has 20 heavy (non-hydrogen) atoms. The molecule has 3 N–H and O–H groups in total. The Balaban J connectivity index is 2.39. The van der Waals surface area contributed by atoms with Crippen LogP contribution in [0.25, 0.3) is 0 Å². The van der Waals surface area contributed by atoms with Crippen molar-refractivity contribution < 1.29 is 10.1 Å². The second-order valence-corrected chi connectivity index (χ2v) is 5.59. The zero-order valence-corrected chi connectivity index (χ0v) is 11.7. The molecule has 0 aliphatic carbocycles. The Labute approximate surface area is 119 Å². The number of anilines is 1. The van der Waals surface area contributed by atoms with E-state index < -0.39 is 4.92 Å². The number of nitrogens with two attached hydrogens (primary N) is 1. The van der Waals surface area contributed by atoms with Crippen molar-refractivity contribution in [1.82, 2.24) is 4.98 Å². The van der Waals surface area contributed by atoms with Crippen LogP contribution in [0.5, 0.6) is 0 Å². The van der Waals surface area contributed by atoms with Gasteiger partial charge in [-0.05, 0) is 12.2 Å². The predicted octanol–water partition coefficient (Wildman–Crippen LogP) is 1.03. The standard InChI is InChI=1S/C11H15N5O3S/c1-15(8-2-3-20-6-8)11-9(16(18)19)4-7(5-13-11)10(12)14-17/h4-5,8,17H,2-3,6H2,1H3,(H2,12,14). The highest BCUT2D eigenvalue weighted by molar-refractivity contribution is 7.99. The summed E-state index contributed by atoms with van der Waals surface area (Å²) in [6.07, 6.45) is 2.35. The Hall–Kier alpha value is -2.03. The molecule has 2 heterocycles. The quantitative estimate of drug-likeness (QED) is 0.280. The van der Waals surface area contributed by atoms with Crippen LogP contribution in [0.3, 0.4) is 0 Å². The fourth-order valence-corrected chi connectivity index (χ4v) is 3.32. The van der Waals surface area contributed by atoms with Gasteiger partial charge in [0, 0.05) is 36.7 Å². The lowest BCUT2D eigenvalue weighted by molar-refractivity contribution is -0.384. The Morgan fingerprint density at radius 3 is 3.05 bits per heavy atom. The first-order valence-corrected chi connectivity index (χ1v) is 7.13. The summed E-state index contributed by atoms with van der Waals surface area (Å²) >= 11 is 1.82. The number of hydrogen-bond acceptors (Lipinski definition) is 7. The summed E-state index contributed by atoms with van der Waals surface area (Å²) < 4.78 is 0. The van der Waals surface area contributed by atoms with Crippen LogP contribution in [0, 0.1) is 10.1 Å². The van der Waals surface area contributed by atoms with E-state index in [2.05, 4.69) is 10.1 Å². The van der Waals surface area contributed by atoms with Gasteiger partial charge in [-0.1, -0.05) is 5.16 Å². The molecule has 0 spiro atoms. The van der Waals surface area contributed by atoms with E-state index in [0.29, 0.717) is 5.82 Å². The van der Waals surface area contributed by atoms with Crippen molar-refractivity contribution in [2.75, 3.05) is 23.5 Å². The molecule has 0 saturated carbocycles. The maximum atomic E-state index is 11.2. The molecule has 1 aliphatic rings. The minimum atomic E-state index is -0.505. The largest absolute Gasteiger partial charge is 0.409 e. The Kier molecular flexibility index (Phi) is 4.28. The van der Waals surface area contributed by atoms with Gasteiger partial charge < -0.3 is 15.8 Å². The van der Waals surface area contributed by atoms with Crippen molar-refractivity contribution in [1.29, 1.82) is 0 Å². The minimum Gasteiger partial charge on any atom is -0.409 e. The molecule has 0 aromatic carbocycles. The van der Waals surface area contributed by atoms with E-state index >= 15 is 0 Å². The number of amidine groups is 1. The van der Waals surface area contributed by atoms with Crippen LogP contribution in [-0.2, 0) is 0 Å². The van der Waals surface area contributed by atoms with Gasteiger partial charge in [-0.25, -0.2) is 4.98 Å². The summed E-state index contributed by atoms with van der Waals surface area (Å²) in [7, 11) is 1.80. The second-order valence-electron chi connectivity index (χ2n) is 4.44. The molecule has 1 aliphatic heterocycles. The van der Waals surface area contributed by atoms with Crippen molar-refractivity contribution in [2.24, 2.45) is 10.9 Å². The van der Waals surface area contributed by atoms with Crippen LogP contribution in [0.4, 0.5) is 11.5 Å². The Morgan fingerprint density at radius 1 is 1.75 bits per heavy atom. The molecule has 0 radical (unpaired) electrons. The van der Waals surface area contributed by atoms with Crippen LogP contribution in [0.1, 0.15) is 12.0 Å². The van der Waals surface area contributed by atoms with Crippen LogP contribution >= 0.6 is 11.8 Å². The third-order valence-electron chi connectivity index (χ3n) is 3.23. The van der Waals surface area contributed by atoms with E-state index in [4.69, 9.17) is 10.9 Å². The number of nitro groups is 1. The molecular weight excluding hydrogens is 282 g/mol. The first-order chi connectivity index (χ1) is 9.54. The smallest absolute Gasteiger partial charge is 0.312 e. The Bertz CT molecular complexity index is 545. The van der Waals surface area contributed by atoms with Crippen LogP contribution < -0.4 is 10.6 Å². The molecule has 1 saturated heterocycles. The van der Waals surface area contributed by atoms with Gasteiger partial charge in [0.2, 0.25) is 5.82 Å². The lowest BCUT2D eigenvalue weighted by atomic mass is 10.2. The third-order valence-corrected chi connectivity index (χ3v) is 4.38. The van der Waals surface area contributed by atoms with Gasteiger partial charge in [0.05, 0.1) is 4.92 Å². The fourth-order valence-electron chi connectivity index (χ4n) is 2.05. The lowest BCUT2D eigenvalue weighted by Gasteiger charge is -2.24. The highest BCUT2D eigenvalue weighted by Gasteiger charge is 2.27. The molecule has 1 atom stereocenters. The number of rotatable bonds is 4. The number of oxime groups is 1. The zero-order chi connectivity index (χ0) is 14.7. The molecule has 2 rings (SSSR count). The van der Waals surface area contributed by atoms with E-state index in [9.17, 15) is 10.1 Å². The summed E-state index contributed by atoms with van der Waals surface area (Å²) in [4.78, 5) is 16.6. The van der Waals surface area contributed by atoms with E-state index in [1.54, 1.807) is 7.05 Å². The number of aromatic nitrogens is 1. The molecular formula is C11H15N5O3S. The van der Waals surface area contributed by atoms with Gasteiger partial charge in [0.25, 0.3) is 0 Å². The molecule has 9 heteroatoms. The monoisotopic (exact) mass is 297 g/mol. The average Bonchev–Trinajstić information content (AvgIpc) is 2.99. The average molecular weight is 297 g/mol. The molecule has 1 aromatic heterocycles. The molecule has 0 amide bonds. The van der Waals surface area contributed by atoms with E-state index in [0.717, 1.165) is 17.9 Å². The first kappa shape index (κ1) is 14.4. The lowest BCUT2D eigenvalue weighted by Crippen LogP contribution is -2.32. The van der Waals surface area contributed by atoms with Crippen molar-refractivity contribution >= 4 is 29.1 Å². The molecule has 1 unspecified atom stereocenters. The van der Waals surface area contributed by atoms with Crippen molar-refractivity contribution in [2.45, 2.75) is 12.5 Å². The molecule has 1 fully saturated rings. The predicted molar refractivity (Wildman–Crippen MR) is 77.5 cm³/mol. The van der Waals surface area contributed by atoms with Gasteiger partial charge in [-0.2, -0.15) is 11.8 Å². The van der Waals surface area contributed by atoms with E-state index in [-0.39, 0.29) is 23.1 Å².